The second-order valence-electron chi connectivity index (χ2n) is 7.13. The third-order valence-electron chi connectivity index (χ3n) is 4.68. The molecule has 158 valence electrons. The van der Waals surface area contributed by atoms with E-state index in [1.54, 1.807) is 30.5 Å². The molecule has 2 heterocycles. The third kappa shape index (κ3) is 5.17. The van der Waals surface area contributed by atoms with Gasteiger partial charge in [-0.15, -0.1) is 11.3 Å². The summed E-state index contributed by atoms with van der Waals surface area (Å²) in [6, 6.07) is 19.3. The monoisotopic (exact) mass is 443 g/mol. The number of furan rings is 1. The molecule has 0 fully saturated rings. The number of nitrogens with one attached hydrogen (secondary N) is 1. The largest absolute Gasteiger partial charge is 0.457 e. The normalized spacial score (nSPS) is 11.2. The van der Waals surface area contributed by atoms with Gasteiger partial charge in [-0.25, -0.2) is 9.37 Å². The van der Waals surface area contributed by atoms with Gasteiger partial charge in [-0.05, 0) is 48.9 Å². The first-order valence-electron chi connectivity index (χ1n) is 9.79. The molecule has 0 saturated carbocycles. The predicted molar refractivity (Wildman–Crippen MR) is 122 cm³/mol. The average Bonchev–Trinajstić information content (AvgIpc) is 3.43. The van der Waals surface area contributed by atoms with Gasteiger partial charge in [-0.3, -0.25) is 10.1 Å². The molecule has 7 heteroatoms. The lowest BCUT2D eigenvalue weighted by Gasteiger charge is -2.00. The summed E-state index contributed by atoms with van der Waals surface area (Å²) in [5.41, 5.74) is 2.94. The minimum Gasteiger partial charge on any atom is -0.457 e. The van der Waals surface area contributed by atoms with Crippen LogP contribution in [-0.2, 0) is 11.2 Å². The quantitative estimate of drug-likeness (QED) is 0.293. The zero-order valence-corrected chi connectivity index (χ0v) is 17.9. The molecule has 0 spiro atoms. The van der Waals surface area contributed by atoms with Crippen molar-refractivity contribution in [2.24, 2.45) is 0 Å². The number of carbonyl (C=O) groups is 1. The molecule has 4 aromatic rings. The Balaban J connectivity index is 1.44. The van der Waals surface area contributed by atoms with E-state index in [-0.39, 0.29) is 11.4 Å². The molecule has 5 nitrogen and oxygen atoms in total. The Kier molecular flexibility index (Phi) is 6.24. The number of amides is 1. The van der Waals surface area contributed by atoms with Crippen LogP contribution in [0.4, 0.5) is 9.52 Å². The van der Waals surface area contributed by atoms with Crippen LogP contribution in [0.5, 0.6) is 0 Å². The van der Waals surface area contributed by atoms with Gasteiger partial charge in [0.1, 0.15) is 29.0 Å². The standard InChI is InChI=1S/C25H18FN3O2S/c1-16-2-4-17(5-3-16)12-22-15-28-25(32-22)29-24(30)19(14-27)13-21-10-11-23(31-21)18-6-8-20(26)9-7-18/h2-11,13,15H,12H2,1H3,(H,28,29,30). The van der Waals surface area contributed by atoms with Gasteiger partial charge in [0, 0.05) is 29.1 Å². The highest BCUT2D eigenvalue weighted by molar-refractivity contribution is 7.15. The van der Waals surface area contributed by atoms with Gasteiger partial charge in [0.25, 0.3) is 5.91 Å². The number of benzene rings is 2. The molecule has 0 radical (unpaired) electrons. The van der Waals surface area contributed by atoms with E-state index in [1.165, 1.54) is 35.1 Å². The van der Waals surface area contributed by atoms with Gasteiger partial charge in [0.05, 0.1) is 0 Å². The highest BCUT2D eigenvalue weighted by atomic mass is 32.1. The molecule has 1 amide bonds. The van der Waals surface area contributed by atoms with Crippen LogP contribution < -0.4 is 5.32 Å². The summed E-state index contributed by atoms with van der Waals surface area (Å²) in [4.78, 5) is 17.8. The maximum Gasteiger partial charge on any atom is 0.268 e. The van der Waals surface area contributed by atoms with Crippen molar-refractivity contribution in [3.05, 3.63) is 100 Å². The number of halogens is 1. The van der Waals surface area contributed by atoms with Gasteiger partial charge < -0.3 is 4.42 Å². The van der Waals surface area contributed by atoms with Crippen LogP contribution in [0, 0.1) is 24.1 Å². The molecule has 0 bridgehead atoms. The molecular formula is C25H18FN3O2S. The van der Waals surface area contributed by atoms with Crippen LogP contribution in [0.25, 0.3) is 17.4 Å². The summed E-state index contributed by atoms with van der Waals surface area (Å²) in [7, 11) is 0. The molecule has 0 aliphatic carbocycles. The van der Waals surface area contributed by atoms with Crippen LogP contribution in [0.3, 0.4) is 0 Å². The van der Waals surface area contributed by atoms with Gasteiger partial charge >= 0.3 is 0 Å². The number of nitrogens with zero attached hydrogens (tertiary/aromatic N) is 2. The minimum atomic E-state index is -0.566. The maximum absolute atomic E-state index is 13.1. The topological polar surface area (TPSA) is 78.9 Å². The Labute approximate surface area is 188 Å². The van der Waals surface area contributed by atoms with E-state index in [2.05, 4.69) is 34.6 Å². The fourth-order valence-corrected chi connectivity index (χ4v) is 3.85. The molecule has 32 heavy (non-hydrogen) atoms. The first-order chi connectivity index (χ1) is 15.5. The zero-order chi connectivity index (χ0) is 22.5. The number of nitriles is 1. The number of hydrogen-bond donors (Lipinski definition) is 1. The number of aromatic nitrogens is 1. The number of hydrogen-bond acceptors (Lipinski definition) is 5. The lowest BCUT2D eigenvalue weighted by molar-refractivity contribution is -0.112. The highest BCUT2D eigenvalue weighted by Crippen LogP contribution is 2.25. The smallest absolute Gasteiger partial charge is 0.268 e. The Morgan fingerprint density at radius 1 is 1.16 bits per heavy atom. The molecule has 2 aromatic carbocycles. The summed E-state index contributed by atoms with van der Waals surface area (Å²) < 4.78 is 18.8. The van der Waals surface area contributed by atoms with Crippen LogP contribution in [0.15, 0.2) is 76.9 Å². The second kappa shape index (κ2) is 9.41. The number of carbonyl (C=O) groups excluding carboxylic acids is 1. The van der Waals surface area contributed by atoms with Crippen molar-refractivity contribution in [3.8, 4) is 17.4 Å². The SMILES string of the molecule is Cc1ccc(Cc2cnc(NC(=O)C(C#N)=Cc3ccc(-c4ccc(F)cc4)o3)s2)cc1. The molecule has 2 aromatic heterocycles. The number of thiazole rings is 1. The minimum absolute atomic E-state index is 0.111. The first-order valence-corrected chi connectivity index (χ1v) is 10.6. The van der Waals surface area contributed by atoms with E-state index in [1.807, 2.05) is 13.0 Å². The van der Waals surface area contributed by atoms with Crippen LogP contribution in [0.1, 0.15) is 21.8 Å². The van der Waals surface area contributed by atoms with E-state index in [9.17, 15) is 14.4 Å². The van der Waals surface area contributed by atoms with Crippen molar-refractivity contribution in [1.29, 1.82) is 5.26 Å². The third-order valence-corrected chi connectivity index (χ3v) is 5.59. The summed E-state index contributed by atoms with van der Waals surface area (Å²) in [5, 5.41) is 12.5. The first kappa shape index (κ1) is 21.2. The summed E-state index contributed by atoms with van der Waals surface area (Å²) in [5.74, 6) is -0.0543. The van der Waals surface area contributed by atoms with E-state index < -0.39 is 5.91 Å². The fourth-order valence-electron chi connectivity index (χ4n) is 3.01. The zero-order valence-electron chi connectivity index (χ0n) is 17.1. The molecule has 1 N–H and O–H groups in total. The van der Waals surface area contributed by atoms with E-state index in [0.717, 1.165) is 10.4 Å². The molecule has 0 unspecified atom stereocenters. The second-order valence-corrected chi connectivity index (χ2v) is 8.24. The number of anilines is 1. The summed E-state index contributed by atoms with van der Waals surface area (Å²) in [6.07, 6.45) is 3.80. The Bertz CT molecular complexity index is 1310. The van der Waals surface area contributed by atoms with Crippen molar-refractivity contribution in [2.75, 3.05) is 5.32 Å². The maximum atomic E-state index is 13.1. The van der Waals surface area contributed by atoms with Crippen molar-refractivity contribution in [1.82, 2.24) is 4.98 Å². The van der Waals surface area contributed by atoms with Crippen LogP contribution >= 0.6 is 11.3 Å². The molecule has 0 atom stereocenters. The molecule has 4 rings (SSSR count). The summed E-state index contributed by atoms with van der Waals surface area (Å²) in [6.45, 7) is 2.04. The molecule has 0 saturated heterocycles. The Morgan fingerprint density at radius 3 is 2.62 bits per heavy atom. The van der Waals surface area contributed by atoms with Gasteiger partial charge in [-0.2, -0.15) is 5.26 Å². The average molecular weight is 444 g/mol. The Morgan fingerprint density at radius 2 is 1.91 bits per heavy atom. The molecular weight excluding hydrogens is 425 g/mol. The van der Waals surface area contributed by atoms with Gasteiger partial charge in [0.2, 0.25) is 0 Å². The van der Waals surface area contributed by atoms with Crippen molar-refractivity contribution in [3.63, 3.8) is 0 Å². The molecule has 0 aliphatic heterocycles. The number of aryl methyl sites for hydroxylation is 1. The van der Waals surface area contributed by atoms with E-state index in [4.69, 9.17) is 4.42 Å². The number of rotatable bonds is 6. The Hall–Kier alpha value is -4.02. The van der Waals surface area contributed by atoms with E-state index >= 15 is 0 Å². The lowest BCUT2D eigenvalue weighted by atomic mass is 10.1. The van der Waals surface area contributed by atoms with Crippen molar-refractivity contribution in [2.45, 2.75) is 13.3 Å². The summed E-state index contributed by atoms with van der Waals surface area (Å²) >= 11 is 1.36. The van der Waals surface area contributed by atoms with Crippen LogP contribution in [-0.4, -0.2) is 10.9 Å². The van der Waals surface area contributed by atoms with E-state index in [0.29, 0.717) is 28.6 Å². The van der Waals surface area contributed by atoms with Crippen molar-refractivity contribution >= 4 is 28.5 Å². The lowest BCUT2D eigenvalue weighted by Crippen LogP contribution is -2.13. The molecule has 0 aliphatic rings. The van der Waals surface area contributed by atoms with Gasteiger partial charge in [-0.1, -0.05) is 29.8 Å². The van der Waals surface area contributed by atoms with Crippen molar-refractivity contribution < 1.29 is 13.6 Å². The van der Waals surface area contributed by atoms with Crippen LogP contribution in [0.2, 0.25) is 0 Å². The van der Waals surface area contributed by atoms with Gasteiger partial charge in [0.15, 0.2) is 5.13 Å². The fraction of sp³-hybridized carbons (Fsp3) is 0.0800. The highest BCUT2D eigenvalue weighted by Gasteiger charge is 2.14. The predicted octanol–water partition coefficient (Wildman–Crippen LogP) is 5.99.